The summed E-state index contributed by atoms with van der Waals surface area (Å²) in [5, 5.41) is 53.4. The molecule has 0 unspecified atom stereocenters. The van der Waals surface area contributed by atoms with Crippen LogP contribution < -0.4 is 60.6 Å². The number of aliphatic hydroxyl groups excluding tert-OH is 1. The van der Waals surface area contributed by atoms with Crippen LogP contribution in [0.25, 0.3) is 0 Å². The van der Waals surface area contributed by atoms with Crippen molar-refractivity contribution in [2.24, 2.45) is 44.6 Å². The third-order valence-electron chi connectivity index (χ3n) is 9.07. The van der Waals surface area contributed by atoms with Gasteiger partial charge in [0.15, 0.2) is 11.9 Å². The molecule has 6 amide bonds. The van der Waals surface area contributed by atoms with Gasteiger partial charge in [-0.2, -0.15) is 0 Å². The number of rotatable bonds is 28. The van der Waals surface area contributed by atoms with Crippen LogP contribution in [0.1, 0.15) is 71.8 Å². The van der Waals surface area contributed by atoms with E-state index in [-0.39, 0.29) is 75.2 Å². The number of carboxylic acids is 2. The molecule has 0 saturated heterocycles. The second-order valence-electron chi connectivity index (χ2n) is 15.1. The van der Waals surface area contributed by atoms with E-state index < -0.39 is 102 Å². The third-order valence-corrected chi connectivity index (χ3v) is 9.07. The molecule has 0 spiro atoms. The number of nitrogens with one attached hydrogen (secondary N) is 6. The molecule has 20 N–H and O–H groups in total. The molecule has 1 aromatic rings. The van der Waals surface area contributed by atoms with E-state index >= 15 is 0 Å². The van der Waals surface area contributed by atoms with E-state index in [0.29, 0.717) is 5.56 Å². The normalized spacial score (nSPS) is 14.7. The number of carboxylic acid groups (broad SMARTS) is 2. The monoisotopic (exact) mass is 893 g/mol. The molecular weight excluding hydrogens is 830 g/mol. The Bertz CT molecular complexity index is 1780. The van der Waals surface area contributed by atoms with Gasteiger partial charge in [0.25, 0.3) is 0 Å². The van der Waals surface area contributed by atoms with Crippen LogP contribution in [0.3, 0.4) is 0 Å². The van der Waals surface area contributed by atoms with Crippen molar-refractivity contribution in [2.75, 3.05) is 13.1 Å². The lowest BCUT2D eigenvalue weighted by molar-refractivity contribution is -0.143. The fourth-order valence-corrected chi connectivity index (χ4v) is 5.68. The molecule has 0 aliphatic heterocycles. The van der Waals surface area contributed by atoms with Gasteiger partial charge < -0.3 is 81.0 Å². The highest BCUT2D eigenvalue weighted by atomic mass is 16.4. The summed E-state index contributed by atoms with van der Waals surface area (Å²) in [5.41, 5.74) is 27.6. The van der Waals surface area contributed by atoms with Crippen LogP contribution in [0.2, 0.25) is 0 Å². The molecule has 0 saturated carbocycles. The van der Waals surface area contributed by atoms with Crippen molar-refractivity contribution < 1.29 is 58.8 Å². The highest BCUT2D eigenvalue weighted by Gasteiger charge is 2.34. The number of carbonyl (C=O) groups excluding carboxylic acids is 6. The molecule has 0 fully saturated rings. The standard InChI is InChI=1S/C38H63N13O12/c1-18(2)15-27(36(62)63)51-32(58)24(8-6-14-45-38(42)43)48-33(59)25(16-21-9-11-22(53)12-10-21)49-34(60)26(17-28(54)55)50-31(57)23(7-5-13-44-37(40)41)47-30(56)19(3)46-35(61)29(39)20(4)52/h9-12,18-20,23-27,29,52-53H,5-8,13-17,39H2,1-4H3,(H,46,61)(H,47,56)(H,48,59)(H,49,60)(H,50,57)(H,51,58)(H,54,55)(H,62,63)(H4,40,41,44)(H4,42,43,45)/t19-,20+,23-,24-,25-,26-,27-,29-/m0/s1. The summed E-state index contributed by atoms with van der Waals surface area (Å²) in [6, 6.07) is -4.87. The molecule has 63 heavy (non-hydrogen) atoms. The second kappa shape index (κ2) is 27.2. The predicted octanol–water partition coefficient (Wildman–Crippen LogP) is -4.72. The number of phenolic OH excluding ortho intramolecular Hbond substituents is 1. The maximum absolute atomic E-state index is 14.0. The summed E-state index contributed by atoms with van der Waals surface area (Å²) >= 11 is 0. The number of hydrogen-bond donors (Lipinski definition) is 15. The number of nitrogens with two attached hydrogens (primary N) is 5. The number of phenols is 1. The molecule has 0 aliphatic rings. The Hall–Kier alpha value is -6.76. The van der Waals surface area contributed by atoms with Crippen molar-refractivity contribution in [1.82, 2.24) is 31.9 Å². The van der Waals surface area contributed by atoms with Crippen LogP contribution in [0.15, 0.2) is 34.3 Å². The fourth-order valence-electron chi connectivity index (χ4n) is 5.68. The summed E-state index contributed by atoms with van der Waals surface area (Å²) in [5.74, 6) is -9.50. The number of guanidine groups is 2. The van der Waals surface area contributed by atoms with E-state index in [9.17, 15) is 58.8 Å². The maximum atomic E-state index is 14.0. The zero-order chi connectivity index (χ0) is 48.0. The first-order valence-electron chi connectivity index (χ1n) is 20.0. The van der Waals surface area contributed by atoms with E-state index in [1.165, 1.54) is 38.1 Å². The van der Waals surface area contributed by atoms with Crippen LogP contribution in [-0.4, -0.2) is 141 Å². The van der Waals surface area contributed by atoms with Crippen molar-refractivity contribution in [3.63, 3.8) is 0 Å². The first kappa shape index (κ1) is 54.3. The Morgan fingerprint density at radius 2 is 1.03 bits per heavy atom. The van der Waals surface area contributed by atoms with Crippen LogP contribution in [0.4, 0.5) is 0 Å². The van der Waals surface area contributed by atoms with Gasteiger partial charge in [0, 0.05) is 19.5 Å². The topological polar surface area (TPSA) is 444 Å². The fraction of sp³-hybridized carbons (Fsp3) is 0.579. The summed E-state index contributed by atoms with van der Waals surface area (Å²) in [7, 11) is 0. The van der Waals surface area contributed by atoms with Gasteiger partial charge in [-0.3, -0.25) is 43.5 Å². The minimum atomic E-state index is -1.88. The van der Waals surface area contributed by atoms with E-state index in [0.717, 1.165) is 0 Å². The van der Waals surface area contributed by atoms with Crippen molar-refractivity contribution in [3.8, 4) is 5.75 Å². The van der Waals surface area contributed by atoms with Crippen LogP contribution in [0, 0.1) is 5.92 Å². The van der Waals surface area contributed by atoms with E-state index in [1.807, 2.05) is 0 Å². The summed E-state index contributed by atoms with van der Waals surface area (Å²) in [4.78, 5) is 112. The van der Waals surface area contributed by atoms with Gasteiger partial charge in [0.2, 0.25) is 35.4 Å². The molecule has 352 valence electrons. The number of aliphatic hydroxyl groups is 1. The Labute approximate surface area is 363 Å². The number of nitrogens with zero attached hydrogens (tertiary/aromatic N) is 2. The van der Waals surface area contributed by atoms with Gasteiger partial charge in [-0.05, 0) is 69.6 Å². The quantitative estimate of drug-likeness (QED) is 0.0213. The molecular formula is C38H63N13O12. The molecule has 0 heterocycles. The minimum Gasteiger partial charge on any atom is -0.508 e. The van der Waals surface area contributed by atoms with Crippen LogP contribution in [-0.2, 0) is 44.8 Å². The SMILES string of the molecule is CC(C)C[C@H](NC(=O)[C@H](CCCN=C(N)N)NC(=O)[C@H](Cc1ccc(O)cc1)NC(=O)[C@H](CC(=O)O)NC(=O)[C@H](CCCN=C(N)N)NC(=O)[C@H](C)NC(=O)[C@@H](N)[C@@H](C)O)C(=O)O. The molecule has 1 rings (SSSR count). The lowest BCUT2D eigenvalue weighted by atomic mass is 10.0. The number of hydrogen-bond acceptors (Lipinski definition) is 13. The zero-order valence-corrected chi connectivity index (χ0v) is 35.7. The largest absolute Gasteiger partial charge is 0.508 e. The number of benzene rings is 1. The molecule has 8 atom stereocenters. The summed E-state index contributed by atoms with van der Waals surface area (Å²) in [6.45, 7) is 6.05. The number of carbonyl (C=O) groups is 8. The Kier molecular flexibility index (Phi) is 23.5. The predicted molar refractivity (Wildman–Crippen MR) is 228 cm³/mol. The van der Waals surface area contributed by atoms with Gasteiger partial charge in [0.1, 0.15) is 48.0 Å². The van der Waals surface area contributed by atoms with Crippen LogP contribution in [0.5, 0.6) is 5.75 Å². The zero-order valence-electron chi connectivity index (χ0n) is 35.7. The molecule has 0 aromatic heterocycles. The van der Waals surface area contributed by atoms with Gasteiger partial charge in [-0.1, -0.05) is 26.0 Å². The smallest absolute Gasteiger partial charge is 0.326 e. The average Bonchev–Trinajstić information content (AvgIpc) is 3.18. The van der Waals surface area contributed by atoms with Crippen molar-refractivity contribution >= 4 is 59.3 Å². The highest BCUT2D eigenvalue weighted by Crippen LogP contribution is 2.13. The summed E-state index contributed by atoms with van der Waals surface area (Å²) in [6.07, 6.45) is -2.58. The lowest BCUT2D eigenvalue weighted by Crippen LogP contribution is -2.60. The van der Waals surface area contributed by atoms with E-state index in [1.54, 1.807) is 13.8 Å². The number of aromatic hydroxyl groups is 1. The molecule has 0 bridgehead atoms. The first-order valence-corrected chi connectivity index (χ1v) is 20.0. The van der Waals surface area contributed by atoms with Crippen molar-refractivity contribution in [1.29, 1.82) is 0 Å². The highest BCUT2D eigenvalue weighted by molar-refractivity contribution is 5.98. The molecule has 0 aliphatic carbocycles. The van der Waals surface area contributed by atoms with Gasteiger partial charge >= 0.3 is 11.9 Å². The molecule has 25 heteroatoms. The van der Waals surface area contributed by atoms with E-state index in [2.05, 4.69) is 41.9 Å². The number of aliphatic carboxylic acids is 2. The maximum Gasteiger partial charge on any atom is 0.326 e. The molecule has 0 radical (unpaired) electrons. The van der Waals surface area contributed by atoms with Crippen LogP contribution >= 0.6 is 0 Å². The van der Waals surface area contributed by atoms with Gasteiger partial charge in [-0.25, -0.2) is 4.79 Å². The second-order valence-corrected chi connectivity index (χ2v) is 15.1. The van der Waals surface area contributed by atoms with Crippen molar-refractivity contribution in [2.45, 2.75) is 121 Å². The Morgan fingerprint density at radius 1 is 0.603 bits per heavy atom. The van der Waals surface area contributed by atoms with Crippen molar-refractivity contribution in [3.05, 3.63) is 29.8 Å². The summed E-state index contributed by atoms with van der Waals surface area (Å²) < 4.78 is 0. The minimum absolute atomic E-state index is 0.00734. The number of aliphatic imine (C=N–C) groups is 2. The van der Waals surface area contributed by atoms with E-state index in [4.69, 9.17) is 28.7 Å². The Morgan fingerprint density at radius 3 is 1.48 bits per heavy atom. The average molecular weight is 894 g/mol. The third kappa shape index (κ3) is 21.5. The molecule has 1 aromatic carbocycles. The van der Waals surface area contributed by atoms with Gasteiger partial charge in [-0.15, -0.1) is 0 Å². The van der Waals surface area contributed by atoms with Gasteiger partial charge in [0.05, 0.1) is 12.5 Å². The Balaban J connectivity index is 3.54. The first-order chi connectivity index (χ1) is 29.4. The lowest BCUT2D eigenvalue weighted by Gasteiger charge is -2.27. The number of amides is 6. The molecule has 25 nitrogen and oxygen atoms in total.